The van der Waals surface area contributed by atoms with Crippen molar-refractivity contribution in [3.05, 3.63) is 65.5 Å². The molecule has 1 amide bonds. The van der Waals surface area contributed by atoms with Gasteiger partial charge in [0.25, 0.3) is 5.91 Å². The number of carbonyl (C=O) groups excluding carboxylic acids is 1. The number of hydrogen-bond acceptors (Lipinski definition) is 6. The van der Waals surface area contributed by atoms with Crippen LogP contribution in [-0.2, 0) is 10.0 Å². The van der Waals surface area contributed by atoms with Crippen LogP contribution in [0, 0.1) is 12.3 Å². The first kappa shape index (κ1) is 23.5. The predicted molar refractivity (Wildman–Crippen MR) is 128 cm³/mol. The maximum absolute atomic E-state index is 13.1. The van der Waals surface area contributed by atoms with Gasteiger partial charge in [-0.1, -0.05) is 0 Å². The lowest BCUT2D eigenvalue weighted by atomic mass is 10.1. The number of ether oxygens (including phenoxy) is 1. The number of hydrogen-bond donors (Lipinski definition) is 3. The van der Waals surface area contributed by atoms with Crippen molar-refractivity contribution in [2.45, 2.75) is 24.7 Å². The smallest absolute Gasteiger partial charge is 0.274 e. The molecule has 0 radical (unpaired) electrons. The normalized spacial score (nSPS) is 13.7. The third kappa shape index (κ3) is 4.80. The number of nitrogens with two attached hydrogens (primary N) is 1. The van der Waals surface area contributed by atoms with Crippen LogP contribution in [0.25, 0.3) is 5.69 Å². The minimum atomic E-state index is -4.12. The average Bonchev–Trinajstić information content (AvgIpc) is 3.48. The van der Waals surface area contributed by atoms with Crippen molar-refractivity contribution in [3.8, 4) is 11.4 Å². The highest BCUT2D eigenvalue weighted by molar-refractivity contribution is 7.89. The lowest BCUT2D eigenvalue weighted by Crippen LogP contribution is -2.27. The Kier molecular flexibility index (Phi) is 6.40. The van der Waals surface area contributed by atoms with Gasteiger partial charge in [0.05, 0.1) is 18.5 Å². The standard InChI is InChI=1S/C23H26N6O4S/c1-15-13-20(29(27-15)19-10-9-18(33-2)14-21(19)34(25,31)32)23(30)26-17-7-5-16(6-8-17)22(24)28-11-3-4-12-28/h5-10,13-14,24H,3-4,11-12H2,1-2H3,(H,26,30)(H2,25,31,32). The minimum absolute atomic E-state index is 0.135. The number of carbonyl (C=O) groups is 1. The van der Waals surface area contributed by atoms with E-state index in [-0.39, 0.29) is 16.3 Å². The van der Waals surface area contributed by atoms with Crippen LogP contribution in [0.3, 0.4) is 0 Å². The van der Waals surface area contributed by atoms with E-state index in [1.807, 2.05) is 4.90 Å². The highest BCUT2D eigenvalue weighted by atomic mass is 32.2. The van der Waals surface area contributed by atoms with Crippen LogP contribution in [0.1, 0.15) is 34.6 Å². The summed E-state index contributed by atoms with van der Waals surface area (Å²) in [7, 11) is -2.71. The Bertz CT molecular complexity index is 1340. The van der Waals surface area contributed by atoms with Crippen LogP contribution >= 0.6 is 0 Å². The Morgan fingerprint density at radius 2 is 1.79 bits per heavy atom. The lowest BCUT2D eigenvalue weighted by molar-refractivity contribution is 0.101. The first-order valence-electron chi connectivity index (χ1n) is 10.7. The number of nitrogens with zero attached hydrogens (tertiary/aromatic N) is 3. The summed E-state index contributed by atoms with van der Waals surface area (Å²) < 4.78 is 30.8. The van der Waals surface area contributed by atoms with Gasteiger partial charge in [0.1, 0.15) is 22.2 Å². The third-order valence-electron chi connectivity index (χ3n) is 5.60. The summed E-state index contributed by atoms with van der Waals surface area (Å²) in [6.07, 6.45) is 2.18. The van der Waals surface area contributed by atoms with E-state index < -0.39 is 15.9 Å². The molecule has 1 fully saturated rings. The number of aromatic nitrogens is 2. The van der Waals surface area contributed by atoms with Gasteiger partial charge in [-0.25, -0.2) is 18.2 Å². The van der Waals surface area contributed by atoms with E-state index in [0.717, 1.165) is 31.5 Å². The van der Waals surface area contributed by atoms with E-state index >= 15 is 0 Å². The van der Waals surface area contributed by atoms with E-state index in [1.165, 1.54) is 23.9 Å². The van der Waals surface area contributed by atoms with Crippen molar-refractivity contribution in [2.75, 3.05) is 25.5 Å². The van der Waals surface area contributed by atoms with Gasteiger partial charge in [0, 0.05) is 30.4 Å². The Balaban J connectivity index is 1.61. The monoisotopic (exact) mass is 482 g/mol. The summed E-state index contributed by atoms with van der Waals surface area (Å²) in [5, 5.41) is 20.9. The fourth-order valence-corrected chi connectivity index (χ4v) is 4.63. The topological polar surface area (TPSA) is 143 Å². The molecule has 1 aromatic heterocycles. The number of rotatable bonds is 6. The Hall–Kier alpha value is -3.70. The van der Waals surface area contributed by atoms with Gasteiger partial charge in [-0.3, -0.25) is 10.2 Å². The third-order valence-corrected chi connectivity index (χ3v) is 6.54. The van der Waals surface area contributed by atoms with Crippen LogP contribution in [0.2, 0.25) is 0 Å². The molecule has 0 bridgehead atoms. The van der Waals surface area contributed by atoms with Crippen molar-refractivity contribution in [1.82, 2.24) is 14.7 Å². The number of benzene rings is 2. The van der Waals surface area contributed by atoms with E-state index in [0.29, 0.717) is 23.0 Å². The zero-order chi connectivity index (χ0) is 24.5. The number of primary sulfonamides is 1. The van der Waals surface area contributed by atoms with E-state index in [4.69, 9.17) is 15.3 Å². The minimum Gasteiger partial charge on any atom is -0.497 e. The van der Waals surface area contributed by atoms with Crippen LogP contribution in [-0.4, -0.2) is 55.0 Å². The predicted octanol–water partition coefficient (Wildman–Crippen LogP) is 2.51. The van der Waals surface area contributed by atoms with Crippen LogP contribution < -0.4 is 15.2 Å². The summed E-state index contributed by atoms with van der Waals surface area (Å²) in [6.45, 7) is 3.46. The second-order valence-electron chi connectivity index (χ2n) is 8.04. The second kappa shape index (κ2) is 9.27. The molecule has 0 aliphatic carbocycles. The van der Waals surface area contributed by atoms with Crippen molar-refractivity contribution in [2.24, 2.45) is 5.14 Å². The van der Waals surface area contributed by atoms with Crippen LogP contribution in [0.15, 0.2) is 53.4 Å². The number of sulfonamides is 1. The quantitative estimate of drug-likeness (QED) is 0.364. The number of nitrogens with one attached hydrogen (secondary N) is 2. The molecule has 34 heavy (non-hydrogen) atoms. The molecule has 11 heteroatoms. The molecule has 0 atom stereocenters. The number of amidine groups is 1. The van der Waals surface area contributed by atoms with Crippen LogP contribution in [0.5, 0.6) is 5.75 Å². The Morgan fingerprint density at radius 1 is 1.12 bits per heavy atom. The Labute approximate surface area is 197 Å². The molecule has 1 aliphatic heterocycles. The maximum atomic E-state index is 13.1. The summed E-state index contributed by atoms with van der Waals surface area (Å²) in [6, 6.07) is 12.9. The zero-order valence-corrected chi connectivity index (χ0v) is 19.7. The van der Waals surface area contributed by atoms with Gasteiger partial charge >= 0.3 is 0 Å². The highest BCUT2D eigenvalue weighted by Gasteiger charge is 2.23. The molecular weight excluding hydrogens is 456 g/mol. The molecule has 2 aromatic carbocycles. The summed E-state index contributed by atoms with van der Waals surface area (Å²) >= 11 is 0. The second-order valence-corrected chi connectivity index (χ2v) is 9.57. The van der Waals surface area contributed by atoms with Gasteiger partial charge in [0.15, 0.2) is 0 Å². The van der Waals surface area contributed by atoms with Gasteiger partial charge in [0.2, 0.25) is 10.0 Å². The molecule has 4 rings (SSSR count). The SMILES string of the molecule is COc1ccc(-n2nc(C)cc2C(=O)Nc2ccc(C(=N)N3CCCC3)cc2)c(S(N)(=O)=O)c1. The number of aryl methyl sites for hydroxylation is 1. The maximum Gasteiger partial charge on any atom is 0.274 e. The van der Waals surface area contributed by atoms with Gasteiger partial charge in [-0.2, -0.15) is 5.10 Å². The summed E-state index contributed by atoms with van der Waals surface area (Å²) in [5.41, 5.74) is 2.11. The molecule has 0 saturated carbocycles. The van der Waals surface area contributed by atoms with Crippen molar-refractivity contribution >= 4 is 27.5 Å². The number of anilines is 1. The summed E-state index contributed by atoms with van der Waals surface area (Å²) in [5.74, 6) is 0.306. The van der Waals surface area contributed by atoms with Crippen LogP contribution in [0.4, 0.5) is 5.69 Å². The Morgan fingerprint density at radius 3 is 2.41 bits per heavy atom. The first-order chi connectivity index (χ1) is 16.2. The molecule has 178 valence electrons. The zero-order valence-electron chi connectivity index (χ0n) is 18.9. The first-order valence-corrected chi connectivity index (χ1v) is 12.2. The molecular formula is C23H26N6O4S. The lowest BCUT2D eigenvalue weighted by Gasteiger charge is -2.18. The molecule has 10 nitrogen and oxygen atoms in total. The number of amides is 1. The molecule has 4 N–H and O–H groups in total. The highest BCUT2D eigenvalue weighted by Crippen LogP contribution is 2.26. The number of methoxy groups -OCH3 is 1. The molecule has 2 heterocycles. The van der Waals surface area contributed by atoms with Crippen molar-refractivity contribution in [1.29, 1.82) is 5.41 Å². The fourth-order valence-electron chi connectivity index (χ4n) is 3.90. The van der Waals surface area contributed by atoms with E-state index in [9.17, 15) is 13.2 Å². The molecule has 0 spiro atoms. The van der Waals surface area contributed by atoms with Gasteiger partial charge in [-0.15, -0.1) is 0 Å². The van der Waals surface area contributed by atoms with Gasteiger partial charge < -0.3 is 15.0 Å². The van der Waals surface area contributed by atoms with E-state index in [2.05, 4.69) is 10.4 Å². The summed E-state index contributed by atoms with van der Waals surface area (Å²) in [4.78, 5) is 14.9. The molecule has 1 aliphatic rings. The fraction of sp³-hybridized carbons (Fsp3) is 0.261. The van der Waals surface area contributed by atoms with Gasteiger partial charge in [-0.05, 0) is 62.2 Å². The van der Waals surface area contributed by atoms with Crippen molar-refractivity contribution in [3.63, 3.8) is 0 Å². The molecule has 3 aromatic rings. The largest absolute Gasteiger partial charge is 0.497 e. The average molecular weight is 483 g/mol. The number of likely N-dealkylation sites (tertiary alicyclic amines) is 1. The van der Waals surface area contributed by atoms with E-state index in [1.54, 1.807) is 43.3 Å². The molecule has 0 unspecified atom stereocenters. The molecule has 1 saturated heterocycles. The van der Waals surface area contributed by atoms with Crippen molar-refractivity contribution < 1.29 is 17.9 Å².